The average Bonchev–Trinajstić information content (AvgIpc) is 2.59. The van der Waals surface area contributed by atoms with Crippen molar-refractivity contribution in [1.29, 1.82) is 0 Å². The topological polar surface area (TPSA) is 49.4 Å². The van der Waals surface area contributed by atoms with E-state index in [4.69, 9.17) is 0 Å². The van der Waals surface area contributed by atoms with Crippen LogP contribution < -0.4 is 5.32 Å². The largest absolute Gasteiger partial charge is 0.352 e. The van der Waals surface area contributed by atoms with Crippen LogP contribution in [0.15, 0.2) is 59.1 Å². The monoisotopic (exact) mass is 416 g/mol. The first kappa shape index (κ1) is 20.2. The van der Waals surface area contributed by atoms with E-state index >= 15 is 0 Å². The predicted molar refractivity (Wildman–Crippen MR) is 108 cm³/mol. The van der Waals surface area contributed by atoms with Gasteiger partial charge in [-0.25, -0.2) is 0 Å². The number of hydrogen-bond donors (Lipinski definition) is 1. The van der Waals surface area contributed by atoms with Crippen molar-refractivity contribution < 1.29 is 9.59 Å². The molecule has 0 saturated heterocycles. The van der Waals surface area contributed by atoms with Gasteiger partial charge in [-0.3, -0.25) is 9.59 Å². The molecule has 0 aromatic heterocycles. The van der Waals surface area contributed by atoms with E-state index < -0.39 is 6.04 Å². The normalized spacial score (nSPS) is 11.9. The van der Waals surface area contributed by atoms with Gasteiger partial charge in [0.25, 0.3) is 0 Å². The molecule has 0 aliphatic carbocycles. The summed E-state index contributed by atoms with van der Waals surface area (Å²) in [5, 5.41) is 2.90. The lowest BCUT2D eigenvalue weighted by atomic mass is 10.1. The third kappa shape index (κ3) is 5.99. The molecule has 2 aromatic carbocycles. The van der Waals surface area contributed by atoms with E-state index in [0.29, 0.717) is 6.54 Å². The molecule has 1 atom stereocenters. The number of halogens is 1. The Labute approximate surface area is 163 Å². The van der Waals surface area contributed by atoms with Crippen LogP contribution in [0.1, 0.15) is 31.9 Å². The van der Waals surface area contributed by atoms with Gasteiger partial charge in [0, 0.05) is 17.1 Å². The highest BCUT2D eigenvalue weighted by Gasteiger charge is 2.26. The molecule has 0 unspecified atom stereocenters. The fraction of sp³-hybridized carbons (Fsp3) is 0.333. The van der Waals surface area contributed by atoms with Crippen molar-refractivity contribution in [3.8, 4) is 0 Å². The Morgan fingerprint density at radius 1 is 1.00 bits per heavy atom. The summed E-state index contributed by atoms with van der Waals surface area (Å²) in [5.74, 6) is -0.209. The first-order chi connectivity index (χ1) is 12.4. The van der Waals surface area contributed by atoms with E-state index in [9.17, 15) is 9.59 Å². The number of rotatable bonds is 7. The molecule has 0 aliphatic rings. The highest BCUT2D eigenvalue weighted by Crippen LogP contribution is 2.16. The molecule has 0 aliphatic heterocycles. The molecule has 2 aromatic rings. The molecule has 0 radical (unpaired) electrons. The first-order valence-corrected chi connectivity index (χ1v) is 9.54. The number of benzene rings is 2. The van der Waals surface area contributed by atoms with Crippen LogP contribution in [0.3, 0.4) is 0 Å². The lowest BCUT2D eigenvalue weighted by Crippen LogP contribution is -2.49. The summed E-state index contributed by atoms with van der Waals surface area (Å²) in [7, 11) is 0. The number of amides is 2. The number of carbonyl (C=O) groups is 2. The molecule has 0 bridgehead atoms. The second-order valence-corrected chi connectivity index (χ2v) is 7.57. The van der Waals surface area contributed by atoms with E-state index in [1.54, 1.807) is 11.8 Å². The van der Waals surface area contributed by atoms with Gasteiger partial charge in [0.1, 0.15) is 6.04 Å². The zero-order valence-electron chi connectivity index (χ0n) is 15.4. The molecular weight excluding hydrogens is 392 g/mol. The molecule has 0 spiro atoms. The van der Waals surface area contributed by atoms with Crippen LogP contribution in [-0.2, 0) is 22.6 Å². The van der Waals surface area contributed by atoms with Gasteiger partial charge in [0.15, 0.2) is 0 Å². The van der Waals surface area contributed by atoms with E-state index in [2.05, 4.69) is 21.2 Å². The second-order valence-electron chi connectivity index (χ2n) is 6.65. The van der Waals surface area contributed by atoms with E-state index in [1.807, 2.05) is 68.4 Å². The summed E-state index contributed by atoms with van der Waals surface area (Å²) in [4.78, 5) is 27.1. The smallest absolute Gasteiger partial charge is 0.242 e. The molecule has 0 saturated carbocycles. The summed E-state index contributed by atoms with van der Waals surface area (Å²) < 4.78 is 0.949. The van der Waals surface area contributed by atoms with Crippen molar-refractivity contribution in [1.82, 2.24) is 10.2 Å². The lowest BCUT2D eigenvalue weighted by molar-refractivity contribution is -0.140. The number of nitrogens with one attached hydrogen (secondary N) is 1. The van der Waals surface area contributed by atoms with E-state index in [1.165, 1.54) is 0 Å². The van der Waals surface area contributed by atoms with Gasteiger partial charge in [0.05, 0.1) is 6.42 Å². The van der Waals surface area contributed by atoms with Crippen molar-refractivity contribution in [3.05, 3.63) is 70.2 Å². The fourth-order valence-corrected chi connectivity index (χ4v) is 3.14. The maximum Gasteiger partial charge on any atom is 0.242 e. The van der Waals surface area contributed by atoms with E-state index in [0.717, 1.165) is 15.6 Å². The van der Waals surface area contributed by atoms with Crippen LogP contribution in [-0.4, -0.2) is 28.8 Å². The summed E-state index contributed by atoms with van der Waals surface area (Å²) in [6.45, 7) is 5.99. The summed E-state index contributed by atoms with van der Waals surface area (Å²) in [5.41, 5.74) is 1.91. The van der Waals surface area contributed by atoms with Gasteiger partial charge in [-0.2, -0.15) is 0 Å². The Morgan fingerprint density at radius 3 is 2.27 bits per heavy atom. The molecule has 4 nitrogen and oxygen atoms in total. The van der Waals surface area contributed by atoms with Crippen molar-refractivity contribution in [2.45, 2.75) is 45.8 Å². The molecule has 5 heteroatoms. The Balaban J connectivity index is 2.22. The van der Waals surface area contributed by atoms with Crippen LogP contribution in [0.25, 0.3) is 0 Å². The number of carbonyl (C=O) groups excluding carboxylic acids is 2. The highest BCUT2D eigenvalue weighted by atomic mass is 79.9. The van der Waals surface area contributed by atoms with Crippen molar-refractivity contribution in [2.75, 3.05) is 0 Å². The average molecular weight is 417 g/mol. The molecule has 0 heterocycles. The van der Waals surface area contributed by atoms with Gasteiger partial charge in [-0.1, -0.05) is 58.4 Å². The van der Waals surface area contributed by atoms with Gasteiger partial charge in [-0.15, -0.1) is 0 Å². The molecule has 26 heavy (non-hydrogen) atoms. The van der Waals surface area contributed by atoms with Crippen LogP contribution in [0.2, 0.25) is 0 Å². The van der Waals surface area contributed by atoms with Crippen LogP contribution in [0.5, 0.6) is 0 Å². The zero-order chi connectivity index (χ0) is 19.1. The maximum atomic E-state index is 13.0. The Hall–Kier alpha value is -2.14. The van der Waals surface area contributed by atoms with Crippen LogP contribution in [0, 0.1) is 0 Å². The summed E-state index contributed by atoms with van der Waals surface area (Å²) >= 11 is 3.46. The van der Waals surface area contributed by atoms with Gasteiger partial charge in [-0.05, 0) is 44.0 Å². The lowest BCUT2D eigenvalue weighted by Gasteiger charge is -2.29. The van der Waals surface area contributed by atoms with Crippen molar-refractivity contribution in [2.24, 2.45) is 0 Å². The van der Waals surface area contributed by atoms with Gasteiger partial charge < -0.3 is 10.2 Å². The molecule has 2 amide bonds. The Kier molecular flexibility index (Phi) is 7.39. The molecule has 138 valence electrons. The van der Waals surface area contributed by atoms with E-state index in [-0.39, 0.29) is 24.3 Å². The highest BCUT2D eigenvalue weighted by molar-refractivity contribution is 9.10. The van der Waals surface area contributed by atoms with Crippen LogP contribution in [0.4, 0.5) is 0 Å². The zero-order valence-corrected chi connectivity index (χ0v) is 17.0. The second kappa shape index (κ2) is 9.53. The predicted octanol–water partition coefficient (Wildman–Crippen LogP) is 3.93. The number of nitrogens with zero attached hydrogens (tertiary/aromatic N) is 1. The third-order valence-corrected chi connectivity index (χ3v) is 4.53. The summed E-state index contributed by atoms with van der Waals surface area (Å²) in [6, 6.07) is 16.9. The minimum absolute atomic E-state index is 0.0295. The molecule has 1 N–H and O–H groups in total. The van der Waals surface area contributed by atoms with Gasteiger partial charge >= 0.3 is 0 Å². The third-order valence-electron chi connectivity index (χ3n) is 4.04. The standard InChI is InChI=1S/C21H25BrN2O2/c1-15(2)23-21(26)16(3)24(14-18-10-7-11-19(22)12-18)20(25)13-17-8-5-4-6-9-17/h4-12,15-16H,13-14H2,1-3H3,(H,23,26)/t16-/m0/s1. The van der Waals surface area contributed by atoms with Crippen LogP contribution >= 0.6 is 15.9 Å². The summed E-state index contributed by atoms with van der Waals surface area (Å²) in [6.07, 6.45) is 0.272. The van der Waals surface area contributed by atoms with Crippen molar-refractivity contribution in [3.63, 3.8) is 0 Å². The van der Waals surface area contributed by atoms with Crippen molar-refractivity contribution >= 4 is 27.7 Å². The molecule has 2 rings (SSSR count). The van der Waals surface area contributed by atoms with Gasteiger partial charge in [0.2, 0.25) is 11.8 Å². The fourth-order valence-electron chi connectivity index (χ4n) is 2.69. The number of hydrogen-bond acceptors (Lipinski definition) is 2. The minimum atomic E-state index is -0.549. The maximum absolute atomic E-state index is 13.0. The SMILES string of the molecule is CC(C)NC(=O)[C@H](C)N(Cc1cccc(Br)c1)C(=O)Cc1ccccc1. The quantitative estimate of drug-likeness (QED) is 0.742. The molecular formula is C21H25BrN2O2. The first-order valence-electron chi connectivity index (χ1n) is 8.75. The molecule has 0 fully saturated rings. The minimum Gasteiger partial charge on any atom is -0.352 e. The Bertz CT molecular complexity index is 747. The Morgan fingerprint density at radius 2 is 1.65 bits per heavy atom.